The van der Waals surface area contributed by atoms with Gasteiger partial charge in [0.05, 0.1) is 0 Å². The minimum Gasteiger partial charge on any atom is -0.348 e. The van der Waals surface area contributed by atoms with E-state index in [9.17, 15) is 4.79 Å². The van der Waals surface area contributed by atoms with Crippen LogP contribution in [0.5, 0.6) is 0 Å². The molecule has 1 aromatic heterocycles. The fraction of sp³-hybridized carbons (Fsp3) is 0.400. The summed E-state index contributed by atoms with van der Waals surface area (Å²) in [5.41, 5.74) is 6.08. The number of rotatable bonds is 2. The van der Waals surface area contributed by atoms with Crippen LogP contribution in [0.4, 0.5) is 0 Å². The maximum absolute atomic E-state index is 11.5. The van der Waals surface area contributed by atoms with Crippen LogP contribution in [0.15, 0.2) is 24.4 Å². The summed E-state index contributed by atoms with van der Waals surface area (Å²) in [5.74, 6) is -0.109. The first-order chi connectivity index (χ1) is 6.75. The lowest BCUT2D eigenvalue weighted by molar-refractivity contribution is 0.0905. The Labute approximate surface area is 82.5 Å². The van der Waals surface area contributed by atoms with Gasteiger partial charge in [-0.05, 0) is 25.0 Å². The van der Waals surface area contributed by atoms with E-state index < -0.39 is 0 Å². The van der Waals surface area contributed by atoms with Crippen molar-refractivity contribution in [3.63, 3.8) is 0 Å². The quantitative estimate of drug-likeness (QED) is 0.706. The highest BCUT2D eigenvalue weighted by Crippen LogP contribution is 2.17. The Morgan fingerprint density at radius 1 is 1.50 bits per heavy atom. The topological polar surface area (TPSA) is 68.0 Å². The lowest BCUT2D eigenvalue weighted by atomic mass is 9.87. The first-order valence-corrected chi connectivity index (χ1v) is 4.73. The summed E-state index contributed by atoms with van der Waals surface area (Å²) in [6, 6.07) is 5.78. The van der Waals surface area contributed by atoms with Crippen LogP contribution in [0.1, 0.15) is 23.3 Å². The highest BCUT2D eigenvalue weighted by atomic mass is 16.1. The molecule has 0 atom stereocenters. The largest absolute Gasteiger partial charge is 0.348 e. The Morgan fingerprint density at radius 3 is 2.86 bits per heavy atom. The minimum absolute atomic E-state index is 0.109. The van der Waals surface area contributed by atoms with Gasteiger partial charge in [0.25, 0.3) is 5.91 Å². The molecule has 1 heterocycles. The number of amides is 1. The summed E-state index contributed by atoms with van der Waals surface area (Å²) in [4.78, 5) is 15.5. The molecule has 1 aliphatic rings. The molecule has 3 N–H and O–H groups in total. The Kier molecular flexibility index (Phi) is 2.45. The van der Waals surface area contributed by atoms with Gasteiger partial charge in [-0.2, -0.15) is 0 Å². The fourth-order valence-corrected chi connectivity index (χ4v) is 1.54. The predicted octanol–water partition coefficient (Wildman–Crippen LogP) is 0.301. The van der Waals surface area contributed by atoms with Gasteiger partial charge < -0.3 is 11.1 Å². The standard InChI is InChI=1S/C10H13N3O/c11-7-5-8(6-7)13-10(14)9-3-1-2-4-12-9/h1-4,7-8H,5-6,11H2,(H,13,14). The number of carbonyl (C=O) groups is 1. The monoisotopic (exact) mass is 191 g/mol. The summed E-state index contributed by atoms with van der Waals surface area (Å²) in [6.07, 6.45) is 3.36. The Morgan fingerprint density at radius 2 is 2.29 bits per heavy atom. The maximum atomic E-state index is 11.5. The van der Waals surface area contributed by atoms with Gasteiger partial charge in [0.1, 0.15) is 5.69 Å². The van der Waals surface area contributed by atoms with E-state index >= 15 is 0 Å². The van der Waals surface area contributed by atoms with E-state index in [1.807, 2.05) is 0 Å². The third-order valence-electron chi connectivity index (χ3n) is 2.41. The Balaban J connectivity index is 1.90. The number of carbonyl (C=O) groups excluding carboxylic acids is 1. The highest BCUT2D eigenvalue weighted by Gasteiger charge is 2.27. The van der Waals surface area contributed by atoms with Crippen LogP contribution in [0, 0.1) is 0 Å². The zero-order valence-electron chi connectivity index (χ0n) is 7.81. The van der Waals surface area contributed by atoms with Crippen molar-refractivity contribution in [3.8, 4) is 0 Å². The number of hydrogen-bond acceptors (Lipinski definition) is 3. The van der Waals surface area contributed by atoms with Crippen molar-refractivity contribution in [2.75, 3.05) is 0 Å². The molecule has 0 spiro atoms. The smallest absolute Gasteiger partial charge is 0.270 e. The molecule has 1 saturated carbocycles. The summed E-state index contributed by atoms with van der Waals surface area (Å²) in [7, 11) is 0. The van der Waals surface area contributed by atoms with Crippen molar-refractivity contribution in [1.82, 2.24) is 10.3 Å². The molecular weight excluding hydrogens is 178 g/mol. The maximum Gasteiger partial charge on any atom is 0.270 e. The number of nitrogens with two attached hydrogens (primary N) is 1. The molecule has 0 bridgehead atoms. The third-order valence-corrected chi connectivity index (χ3v) is 2.41. The van der Waals surface area contributed by atoms with E-state index in [0.29, 0.717) is 5.69 Å². The molecule has 0 unspecified atom stereocenters. The number of nitrogens with zero attached hydrogens (tertiary/aromatic N) is 1. The van der Waals surface area contributed by atoms with Crippen molar-refractivity contribution in [1.29, 1.82) is 0 Å². The van der Waals surface area contributed by atoms with Crippen LogP contribution in [0.3, 0.4) is 0 Å². The molecular formula is C10H13N3O. The van der Waals surface area contributed by atoms with E-state index in [2.05, 4.69) is 10.3 Å². The summed E-state index contributed by atoms with van der Waals surface area (Å²) in [6.45, 7) is 0. The SMILES string of the molecule is NC1CC(NC(=O)c2ccccn2)C1. The fourth-order valence-electron chi connectivity index (χ4n) is 1.54. The van der Waals surface area contributed by atoms with Gasteiger partial charge in [0.2, 0.25) is 0 Å². The van der Waals surface area contributed by atoms with Gasteiger partial charge >= 0.3 is 0 Å². The van der Waals surface area contributed by atoms with E-state index in [4.69, 9.17) is 5.73 Å². The van der Waals surface area contributed by atoms with Crippen molar-refractivity contribution in [2.45, 2.75) is 24.9 Å². The van der Waals surface area contributed by atoms with Crippen molar-refractivity contribution in [3.05, 3.63) is 30.1 Å². The van der Waals surface area contributed by atoms with E-state index in [0.717, 1.165) is 12.8 Å². The second kappa shape index (κ2) is 3.75. The molecule has 0 aromatic carbocycles. The van der Waals surface area contributed by atoms with Crippen molar-refractivity contribution >= 4 is 5.91 Å². The molecule has 0 saturated heterocycles. The van der Waals surface area contributed by atoms with Crippen LogP contribution < -0.4 is 11.1 Å². The van der Waals surface area contributed by atoms with Gasteiger partial charge in [-0.3, -0.25) is 9.78 Å². The lowest BCUT2D eigenvalue weighted by Gasteiger charge is -2.32. The van der Waals surface area contributed by atoms with Crippen LogP contribution in [0.25, 0.3) is 0 Å². The summed E-state index contributed by atoms with van der Waals surface area (Å²) >= 11 is 0. The van der Waals surface area contributed by atoms with Crippen LogP contribution in [-0.2, 0) is 0 Å². The highest BCUT2D eigenvalue weighted by molar-refractivity contribution is 5.92. The second-order valence-corrected chi connectivity index (χ2v) is 3.62. The first kappa shape index (κ1) is 9.15. The number of nitrogens with one attached hydrogen (secondary N) is 1. The summed E-state index contributed by atoms with van der Waals surface area (Å²) < 4.78 is 0. The molecule has 1 fully saturated rings. The first-order valence-electron chi connectivity index (χ1n) is 4.73. The zero-order valence-corrected chi connectivity index (χ0v) is 7.81. The van der Waals surface area contributed by atoms with E-state index in [1.165, 1.54) is 0 Å². The summed E-state index contributed by atoms with van der Waals surface area (Å²) in [5, 5.41) is 2.88. The lowest BCUT2D eigenvalue weighted by Crippen LogP contribution is -2.50. The Bertz CT molecular complexity index is 319. The average Bonchev–Trinajstić information content (AvgIpc) is 2.17. The number of pyridine rings is 1. The minimum atomic E-state index is -0.109. The zero-order chi connectivity index (χ0) is 9.97. The molecule has 1 amide bonds. The van der Waals surface area contributed by atoms with Gasteiger partial charge in [-0.1, -0.05) is 6.07 Å². The molecule has 74 valence electrons. The van der Waals surface area contributed by atoms with Crippen molar-refractivity contribution in [2.24, 2.45) is 5.73 Å². The molecule has 1 aromatic rings. The van der Waals surface area contributed by atoms with Gasteiger partial charge in [-0.25, -0.2) is 0 Å². The molecule has 2 rings (SSSR count). The van der Waals surface area contributed by atoms with Crippen LogP contribution in [-0.4, -0.2) is 23.0 Å². The molecule has 1 aliphatic carbocycles. The average molecular weight is 191 g/mol. The molecule has 14 heavy (non-hydrogen) atoms. The third kappa shape index (κ3) is 1.90. The van der Waals surface area contributed by atoms with Crippen molar-refractivity contribution < 1.29 is 4.79 Å². The van der Waals surface area contributed by atoms with Gasteiger partial charge in [0, 0.05) is 18.3 Å². The van der Waals surface area contributed by atoms with E-state index in [-0.39, 0.29) is 18.0 Å². The number of hydrogen-bond donors (Lipinski definition) is 2. The molecule has 0 radical (unpaired) electrons. The molecule has 4 heteroatoms. The normalized spacial score (nSPS) is 25.2. The van der Waals surface area contributed by atoms with Gasteiger partial charge in [-0.15, -0.1) is 0 Å². The van der Waals surface area contributed by atoms with E-state index in [1.54, 1.807) is 24.4 Å². The predicted molar refractivity (Wildman–Crippen MR) is 52.7 cm³/mol. The van der Waals surface area contributed by atoms with Crippen LogP contribution in [0.2, 0.25) is 0 Å². The molecule has 4 nitrogen and oxygen atoms in total. The Hall–Kier alpha value is -1.42. The second-order valence-electron chi connectivity index (χ2n) is 3.62. The molecule has 0 aliphatic heterocycles. The van der Waals surface area contributed by atoms with Crippen LogP contribution >= 0.6 is 0 Å². The number of aromatic nitrogens is 1. The van der Waals surface area contributed by atoms with Gasteiger partial charge in [0.15, 0.2) is 0 Å².